The Bertz CT molecular complexity index is 348. The zero-order valence-electron chi connectivity index (χ0n) is 8.75. The molecule has 0 atom stereocenters. The summed E-state index contributed by atoms with van der Waals surface area (Å²) in [6.07, 6.45) is 1.30. The van der Waals surface area contributed by atoms with Crippen molar-refractivity contribution in [1.82, 2.24) is 4.98 Å². The molecule has 0 spiro atoms. The van der Waals surface area contributed by atoms with Crippen molar-refractivity contribution in [3.63, 3.8) is 0 Å². The van der Waals surface area contributed by atoms with Crippen molar-refractivity contribution in [2.24, 2.45) is 5.73 Å². The number of hydrogen-bond donors (Lipinski definition) is 2. The van der Waals surface area contributed by atoms with Crippen LogP contribution in [0.3, 0.4) is 0 Å². The van der Waals surface area contributed by atoms with E-state index in [-0.39, 0.29) is 6.42 Å². The fourth-order valence-electron chi connectivity index (χ4n) is 1.28. The van der Waals surface area contributed by atoms with Gasteiger partial charge in [-0.05, 0) is 26.0 Å². The molecule has 82 valence electrons. The summed E-state index contributed by atoms with van der Waals surface area (Å²) < 4.78 is 12.6. The number of primary amides is 1. The van der Waals surface area contributed by atoms with Crippen molar-refractivity contribution in [1.29, 1.82) is 0 Å². The number of rotatable bonds is 4. The number of halogens is 1. The second-order valence-corrected chi connectivity index (χ2v) is 4.01. The van der Waals surface area contributed by atoms with Crippen molar-refractivity contribution in [3.8, 4) is 0 Å². The molecule has 0 saturated carbocycles. The van der Waals surface area contributed by atoms with E-state index in [0.29, 0.717) is 5.82 Å². The van der Waals surface area contributed by atoms with E-state index in [1.165, 1.54) is 12.1 Å². The van der Waals surface area contributed by atoms with Crippen LogP contribution in [0.25, 0.3) is 0 Å². The van der Waals surface area contributed by atoms with E-state index in [2.05, 4.69) is 10.3 Å². The molecule has 0 unspecified atom stereocenters. The first-order valence-corrected chi connectivity index (χ1v) is 4.57. The molecule has 0 radical (unpaired) electrons. The Kier molecular flexibility index (Phi) is 3.24. The van der Waals surface area contributed by atoms with Gasteiger partial charge in [0.15, 0.2) is 0 Å². The number of anilines is 1. The van der Waals surface area contributed by atoms with Crippen LogP contribution in [-0.2, 0) is 4.79 Å². The first-order chi connectivity index (χ1) is 6.89. The van der Waals surface area contributed by atoms with Crippen molar-refractivity contribution >= 4 is 11.7 Å². The molecule has 0 bridgehead atoms. The summed E-state index contributed by atoms with van der Waals surface area (Å²) >= 11 is 0. The highest BCUT2D eigenvalue weighted by Gasteiger charge is 2.20. The van der Waals surface area contributed by atoms with Crippen LogP contribution in [0.15, 0.2) is 18.3 Å². The van der Waals surface area contributed by atoms with Gasteiger partial charge in [-0.1, -0.05) is 0 Å². The number of aromatic nitrogens is 1. The summed E-state index contributed by atoms with van der Waals surface area (Å²) in [4.78, 5) is 14.6. The maximum atomic E-state index is 12.6. The van der Waals surface area contributed by atoms with Gasteiger partial charge in [-0.3, -0.25) is 4.79 Å². The Morgan fingerprint density at radius 2 is 2.27 bits per heavy atom. The molecule has 1 aromatic heterocycles. The Labute approximate surface area is 87.7 Å². The molecule has 15 heavy (non-hydrogen) atoms. The van der Waals surface area contributed by atoms with Gasteiger partial charge in [0.05, 0.1) is 6.20 Å². The molecule has 1 amide bonds. The number of nitrogens with two attached hydrogens (primary N) is 1. The summed E-state index contributed by atoms with van der Waals surface area (Å²) in [6, 6.07) is 2.81. The van der Waals surface area contributed by atoms with Crippen LogP contribution in [0, 0.1) is 5.82 Å². The molecular formula is C10H14FN3O. The van der Waals surface area contributed by atoms with E-state index < -0.39 is 17.3 Å². The maximum absolute atomic E-state index is 12.6. The molecular weight excluding hydrogens is 197 g/mol. The Hall–Kier alpha value is -1.65. The Morgan fingerprint density at radius 1 is 1.60 bits per heavy atom. The first-order valence-electron chi connectivity index (χ1n) is 4.57. The lowest BCUT2D eigenvalue weighted by Crippen LogP contribution is -2.36. The number of carbonyl (C=O) groups excluding carboxylic acids is 1. The molecule has 0 fully saturated rings. The van der Waals surface area contributed by atoms with Gasteiger partial charge in [0, 0.05) is 12.0 Å². The molecule has 0 aliphatic rings. The molecule has 3 N–H and O–H groups in total. The van der Waals surface area contributed by atoms with Crippen LogP contribution < -0.4 is 11.1 Å². The fraction of sp³-hybridized carbons (Fsp3) is 0.400. The second kappa shape index (κ2) is 4.25. The quantitative estimate of drug-likeness (QED) is 0.788. The van der Waals surface area contributed by atoms with Crippen LogP contribution in [0.1, 0.15) is 20.3 Å². The van der Waals surface area contributed by atoms with Crippen molar-refractivity contribution < 1.29 is 9.18 Å². The van der Waals surface area contributed by atoms with E-state index >= 15 is 0 Å². The van der Waals surface area contributed by atoms with E-state index in [9.17, 15) is 9.18 Å². The topological polar surface area (TPSA) is 68.0 Å². The molecule has 0 aromatic carbocycles. The third-order valence-corrected chi connectivity index (χ3v) is 1.81. The predicted octanol–water partition coefficient (Wildman–Crippen LogP) is 1.29. The largest absolute Gasteiger partial charge is 0.370 e. The summed E-state index contributed by atoms with van der Waals surface area (Å²) in [6.45, 7) is 3.64. The van der Waals surface area contributed by atoms with E-state index in [1.807, 2.05) is 13.8 Å². The van der Waals surface area contributed by atoms with E-state index in [4.69, 9.17) is 5.73 Å². The molecule has 1 heterocycles. The van der Waals surface area contributed by atoms with Crippen molar-refractivity contribution in [3.05, 3.63) is 24.1 Å². The summed E-state index contributed by atoms with van der Waals surface area (Å²) in [7, 11) is 0. The van der Waals surface area contributed by atoms with Gasteiger partial charge in [0.25, 0.3) is 0 Å². The molecule has 4 nitrogen and oxygen atoms in total. The molecule has 1 aromatic rings. The van der Waals surface area contributed by atoms with Crippen LogP contribution in [0.2, 0.25) is 0 Å². The predicted molar refractivity (Wildman–Crippen MR) is 55.7 cm³/mol. The maximum Gasteiger partial charge on any atom is 0.219 e. The van der Waals surface area contributed by atoms with Gasteiger partial charge in [-0.2, -0.15) is 0 Å². The van der Waals surface area contributed by atoms with Gasteiger partial charge < -0.3 is 11.1 Å². The lowest BCUT2D eigenvalue weighted by Gasteiger charge is -2.25. The number of amides is 1. The monoisotopic (exact) mass is 211 g/mol. The number of pyridine rings is 1. The molecule has 5 heteroatoms. The third kappa shape index (κ3) is 3.93. The fourth-order valence-corrected chi connectivity index (χ4v) is 1.28. The smallest absolute Gasteiger partial charge is 0.219 e. The standard InChI is InChI=1S/C10H14FN3O/c1-10(2,5-8(12)15)14-9-4-3-7(11)6-13-9/h3-4,6H,5H2,1-2H3,(H2,12,15)(H,13,14). The zero-order chi connectivity index (χ0) is 11.5. The van der Waals surface area contributed by atoms with Crippen LogP contribution in [-0.4, -0.2) is 16.4 Å². The Morgan fingerprint density at radius 3 is 2.73 bits per heavy atom. The summed E-state index contributed by atoms with van der Waals surface area (Å²) in [5.74, 6) is -0.273. The highest BCUT2D eigenvalue weighted by molar-refractivity contribution is 5.75. The van der Waals surface area contributed by atoms with Gasteiger partial charge in [-0.25, -0.2) is 9.37 Å². The highest BCUT2D eigenvalue weighted by atomic mass is 19.1. The minimum atomic E-state index is -0.489. The average molecular weight is 211 g/mol. The molecule has 0 aliphatic carbocycles. The van der Waals surface area contributed by atoms with Crippen LogP contribution >= 0.6 is 0 Å². The third-order valence-electron chi connectivity index (χ3n) is 1.81. The van der Waals surface area contributed by atoms with Crippen LogP contribution in [0.5, 0.6) is 0 Å². The van der Waals surface area contributed by atoms with Gasteiger partial charge in [0.2, 0.25) is 5.91 Å². The number of nitrogens with zero attached hydrogens (tertiary/aromatic N) is 1. The SMILES string of the molecule is CC(C)(CC(N)=O)Nc1ccc(F)cn1. The lowest BCUT2D eigenvalue weighted by molar-refractivity contribution is -0.118. The minimum absolute atomic E-state index is 0.187. The minimum Gasteiger partial charge on any atom is -0.370 e. The zero-order valence-corrected chi connectivity index (χ0v) is 8.75. The summed E-state index contributed by atoms with van der Waals surface area (Å²) in [5, 5.41) is 3.00. The number of nitrogens with one attached hydrogen (secondary N) is 1. The van der Waals surface area contributed by atoms with E-state index in [0.717, 1.165) is 6.20 Å². The van der Waals surface area contributed by atoms with Gasteiger partial charge in [-0.15, -0.1) is 0 Å². The molecule has 0 aliphatic heterocycles. The number of carbonyl (C=O) groups is 1. The van der Waals surface area contributed by atoms with Crippen LogP contribution in [0.4, 0.5) is 10.2 Å². The van der Waals surface area contributed by atoms with Crippen molar-refractivity contribution in [2.45, 2.75) is 25.8 Å². The summed E-state index contributed by atoms with van der Waals surface area (Å²) in [5.41, 5.74) is 4.61. The molecule has 0 saturated heterocycles. The van der Waals surface area contributed by atoms with E-state index in [1.54, 1.807) is 0 Å². The van der Waals surface area contributed by atoms with Gasteiger partial charge >= 0.3 is 0 Å². The highest BCUT2D eigenvalue weighted by Crippen LogP contribution is 2.15. The number of hydrogen-bond acceptors (Lipinski definition) is 3. The first kappa shape index (κ1) is 11.4. The lowest BCUT2D eigenvalue weighted by atomic mass is 10.0. The Balaban J connectivity index is 2.68. The molecule has 1 rings (SSSR count). The average Bonchev–Trinajstić information content (AvgIpc) is 2.06. The second-order valence-electron chi connectivity index (χ2n) is 4.01. The van der Waals surface area contributed by atoms with Crippen molar-refractivity contribution in [2.75, 3.05) is 5.32 Å². The normalized spacial score (nSPS) is 11.1. The van der Waals surface area contributed by atoms with Gasteiger partial charge in [0.1, 0.15) is 11.6 Å².